The van der Waals surface area contributed by atoms with E-state index in [-0.39, 0.29) is 17.3 Å². The molecular weight excluding hydrogens is 444 g/mol. The summed E-state index contributed by atoms with van der Waals surface area (Å²) in [5, 5.41) is 5.63. The second-order valence-electron chi connectivity index (χ2n) is 9.27. The quantitative estimate of drug-likeness (QED) is 0.560. The fraction of sp³-hybridized carbons (Fsp3) is 0.652. The average Bonchev–Trinajstić information content (AvgIpc) is 2.73. The number of anilines is 1. The van der Waals surface area contributed by atoms with Gasteiger partial charge in [0, 0.05) is 25.3 Å². The molecule has 1 heterocycles. The molecule has 1 aliphatic rings. The standard InChI is InChI=1S/C23H38N4O5S/c1-6-27(7-2)33(30,31)20-10-8-9-19(15-20)25-21(28)17-26-13-11-18(12-14-26)16-24-22(29)32-23(3,4)5/h8-10,15,18H,6-7,11-14,16-17H2,1-5H3,(H,24,29)(H,25,28). The molecule has 2 rings (SSSR count). The number of rotatable bonds is 9. The minimum absolute atomic E-state index is 0.169. The number of hydrogen-bond donors (Lipinski definition) is 2. The second-order valence-corrected chi connectivity index (χ2v) is 11.2. The zero-order chi connectivity index (χ0) is 24.6. The van der Waals surface area contributed by atoms with Gasteiger partial charge in [-0.15, -0.1) is 0 Å². The van der Waals surface area contributed by atoms with Crippen molar-refractivity contribution >= 4 is 27.7 Å². The first kappa shape index (κ1) is 27.1. The van der Waals surface area contributed by atoms with Crippen LogP contribution in [0.3, 0.4) is 0 Å². The molecule has 1 aromatic carbocycles. The van der Waals surface area contributed by atoms with Gasteiger partial charge in [-0.1, -0.05) is 19.9 Å². The molecule has 0 aliphatic carbocycles. The predicted octanol–water partition coefficient (Wildman–Crippen LogP) is 2.89. The lowest BCUT2D eigenvalue weighted by atomic mass is 9.97. The third-order valence-corrected chi connectivity index (χ3v) is 7.52. The van der Waals surface area contributed by atoms with Crippen LogP contribution in [0.5, 0.6) is 0 Å². The highest BCUT2D eigenvalue weighted by Crippen LogP contribution is 2.20. The molecule has 0 saturated carbocycles. The van der Waals surface area contributed by atoms with Crippen LogP contribution in [0.25, 0.3) is 0 Å². The number of likely N-dealkylation sites (tertiary alicyclic amines) is 1. The number of alkyl carbamates (subject to hydrolysis) is 1. The maximum absolute atomic E-state index is 12.7. The van der Waals surface area contributed by atoms with Crippen molar-refractivity contribution in [2.75, 3.05) is 44.6 Å². The topological polar surface area (TPSA) is 108 Å². The van der Waals surface area contributed by atoms with Crippen LogP contribution >= 0.6 is 0 Å². The molecule has 10 heteroatoms. The maximum atomic E-state index is 12.7. The lowest BCUT2D eigenvalue weighted by Crippen LogP contribution is -2.42. The molecule has 1 aliphatic heterocycles. The highest BCUT2D eigenvalue weighted by atomic mass is 32.2. The Kier molecular flexibility index (Phi) is 9.69. The molecule has 1 saturated heterocycles. The smallest absolute Gasteiger partial charge is 0.407 e. The molecule has 0 atom stereocenters. The Morgan fingerprint density at radius 1 is 1.15 bits per heavy atom. The number of amides is 2. The molecule has 1 fully saturated rings. The number of nitrogens with one attached hydrogen (secondary N) is 2. The van der Waals surface area contributed by atoms with Crippen molar-refractivity contribution < 1.29 is 22.7 Å². The monoisotopic (exact) mass is 482 g/mol. The van der Waals surface area contributed by atoms with Crippen molar-refractivity contribution in [3.05, 3.63) is 24.3 Å². The van der Waals surface area contributed by atoms with E-state index in [9.17, 15) is 18.0 Å². The van der Waals surface area contributed by atoms with E-state index in [2.05, 4.69) is 15.5 Å². The summed E-state index contributed by atoms with van der Waals surface area (Å²) in [6, 6.07) is 6.36. The van der Waals surface area contributed by atoms with Crippen molar-refractivity contribution in [3.63, 3.8) is 0 Å². The van der Waals surface area contributed by atoms with Gasteiger partial charge >= 0.3 is 6.09 Å². The van der Waals surface area contributed by atoms with E-state index < -0.39 is 21.7 Å². The molecule has 186 valence electrons. The second kappa shape index (κ2) is 11.8. The molecule has 1 aromatic rings. The van der Waals surface area contributed by atoms with Crippen molar-refractivity contribution in [1.29, 1.82) is 0 Å². The molecule has 0 spiro atoms. The molecule has 9 nitrogen and oxygen atoms in total. The predicted molar refractivity (Wildman–Crippen MR) is 129 cm³/mol. The van der Waals surface area contributed by atoms with E-state index in [0.29, 0.717) is 31.2 Å². The largest absolute Gasteiger partial charge is 0.444 e. The van der Waals surface area contributed by atoms with Crippen molar-refractivity contribution in [2.24, 2.45) is 5.92 Å². The number of nitrogens with zero attached hydrogens (tertiary/aromatic N) is 2. The van der Waals surface area contributed by atoms with Crippen LogP contribution in [0.4, 0.5) is 10.5 Å². The average molecular weight is 483 g/mol. The Balaban J connectivity index is 1.82. The Morgan fingerprint density at radius 2 is 1.79 bits per heavy atom. The summed E-state index contributed by atoms with van der Waals surface area (Å²) >= 11 is 0. The Labute approximate surface area is 197 Å². The van der Waals surface area contributed by atoms with Gasteiger partial charge in [-0.3, -0.25) is 9.69 Å². The van der Waals surface area contributed by atoms with Gasteiger partial charge in [0.05, 0.1) is 11.4 Å². The molecule has 0 unspecified atom stereocenters. The van der Waals surface area contributed by atoms with Crippen LogP contribution in [0, 0.1) is 5.92 Å². The highest BCUT2D eigenvalue weighted by molar-refractivity contribution is 7.89. The van der Waals surface area contributed by atoms with Crippen molar-refractivity contribution in [1.82, 2.24) is 14.5 Å². The van der Waals surface area contributed by atoms with Crippen LogP contribution in [-0.2, 0) is 19.6 Å². The summed E-state index contributed by atoms with van der Waals surface area (Å²) in [7, 11) is -3.58. The van der Waals surface area contributed by atoms with Crippen molar-refractivity contribution in [2.45, 2.75) is 58.0 Å². The van der Waals surface area contributed by atoms with E-state index in [1.165, 1.54) is 10.4 Å². The van der Waals surface area contributed by atoms with Gasteiger partial charge in [0.1, 0.15) is 5.60 Å². The summed E-state index contributed by atoms with van der Waals surface area (Å²) in [6.45, 7) is 12.2. The number of piperidine rings is 1. The van der Waals surface area contributed by atoms with Gasteiger partial charge in [-0.05, 0) is 70.8 Å². The SMILES string of the molecule is CCN(CC)S(=O)(=O)c1cccc(NC(=O)CN2CCC(CNC(=O)OC(C)(C)C)CC2)c1. The molecular formula is C23H38N4O5S. The normalized spacial score (nSPS) is 15.9. The van der Waals surface area contributed by atoms with E-state index in [1.807, 2.05) is 20.8 Å². The first-order valence-electron chi connectivity index (χ1n) is 11.5. The molecule has 33 heavy (non-hydrogen) atoms. The minimum Gasteiger partial charge on any atom is -0.444 e. The summed E-state index contributed by atoms with van der Waals surface area (Å²) in [5.41, 5.74) is -0.0553. The molecule has 2 amide bonds. The van der Waals surface area contributed by atoms with Gasteiger partial charge in [-0.2, -0.15) is 4.31 Å². The number of carbonyl (C=O) groups is 2. The third kappa shape index (κ3) is 8.60. The fourth-order valence-electron chi connectivity index (χ4n) is 3.74. The number of hydrogen-bond acceptors (Lipinski definition) is 6. The van der Waals surface area contributed by atoms with E-state index in [4.69, 9.17) is 4.74 Å². The fourth-order valence-corrected chi connectivity index (χ4v) is 5.25. The van der Waals surface area contributed by atoms with E-state index >= 15 is 0 Å². The van der Waals surface area contributed by atoms with Gasteiger partial charge in [-0.25, -0.2) is 13.2 Å². The lowest BCUT2D eigenvalue weighted by Gasteiger charge is -2.31. The number of benzene rings is 1. The van der Waals surface area contributed by atoms with Crippen LogP contribution in [-0.4, -0.2) is 74.5 Å². The zero-order valence-electron chi connectivity index (χ0n) is 20.4. The first-order valence-corrected chi connectivity index (χ1v) is 13.0. The first-order chi connectivity index (χ1) is 15.4. The van der Waals surface area contributed by atoms with E-state index in [0.717, 1.165) is 25.9 Å². The lowest BCUT2D eigenvalue weighted by molar-refractivity contribution is -0.117. The number of carbonyl (C=O) groups excluding carboxylic acids is 2. The van der Waals surface area contributed by atoms with Gasteiger partial charge in [0.15, 0.2) is 0 Å². The van der Waals surface area contributed by atoms with Gasteiger partial charge in [0.25, 0.3) is 0 Å². The van der Waals surface area contributed by atoms with Gasteiger partial charge < -0.3 is 15.4 Å². The molecule has 2 N–H and O–H groups in total. The summed E-state index contributed by atoms with van der Waals surface area (Å²) in [4.78, 5) is 26.6. The highest BCUT2D eigenvalue weighted by Gasteiger charge is 2.24. The minimum atomic E-state index is -3.58. The summed E-state index contributed by atoms with van der Waals surface area (Å²) in [6.07, 6.45) is 1.34. The molecule has 0 radical (unpaired) electrons. The Morgan fingerprint density at radius 3 is 2.36 bits per heavy atom. The zero-order valence-corrected chi connectivity index (χ0v) is 21.2. The molecule has 0 bridgehead atoms. The Hall–Kier alpha value is -2.17. The van der Waals surface area contributed by atoms with E-state index in [1.54, 1.807) is 32.0 Å². The number of ether oxygens (including phenoxy) is 1. The Bertz CT molecular complexity index is 902. The van der Waals surface area contributed by atoms with Crippen LogP contribution in [0.2, 0.25) is 0 Å². The molecule has 0 aromatic heterocycles. The third-order valence-electron chi connectivity index (χ3n) is 5.47. The summed E-state index contributed by atoms with van der Waals surface area (Å²) < 4.78 is 32.1. The van der Waals surface area contributed by atoms with Gasteiger partial charge in [0.2, 0.25) is 15.9 Å². The number of sulfonamides is 1. The maximum Gasteiger partial charge on any atom is 0.407 e. The van der Waals surface area contributed by atoms with Crippen LogP contribution in [0.15, 0.2) is 29.2 Å². The summed E-state index contributed by atoms with van der Waals surface area (Å²) in [5.74, 6) is 0.163. The van der Waals surface area contributed by atoms with Crippen LogP contribution in [0.1, 0.15) is 47.5 Å². The van der Waals surface area contributed by atoms with Crippen LogP contribution < -0.4 is 10.6 Å². The van der Waals surface area contributed by atoms with Crippen molar-refractivity contribution in [3.8, 4) is 0 Å².